The van der Waals surface area contributed by atoms with E-state index in [4.69, 9.17) is 14.5 Å². The summed E-state index contributed by atoms with van der Waals surface area (Å²) in [5.41, 5.74) is 6.84. The third-order valence-corrected chi connectivity index (χ3v) is 7.17. The number of nitrogens with zero attached hydrogens (tertiary/aromatic N) is 1. The Hall–Kier alpha value is -2.48. The largest absolute Gasteiger partial charge is 0.467 e. The molecule has 0 spiro atoms. The van der Waals surface area contributed by atoms with Gasteiger partial charge in [0, 0.05) is 29.1 Å². The summed E-state index contributed by atoms with van der Waals surface area (Å²) in [7, 11) is 2.21. The molecule has 1 atom stereocenters. The van der Waals surface area contributed by atoms with E-state index in [1.807, 2.05) is 30.3 Å². The zero-order valence-electron chi connectivity index (χ0n) is 19.3. The topological polar surface area (TPSA) is 30.8 Å². The van der Waals surface area contributed by atoms with E-state index >= 15 is 0 Å². The minimum absolute atomic E-state index is 0.108. The maximum Gasteiger partial charge on any atom is 0.188 e. The summed E-state index contributed by atoms with van der Waals surface area (Å²) in [4.78, 5) is 4.89. The number of hydrogen-bond donors (Lipinski definition) is 0. The minimum atomic E-state index is -0.108. The first-order valence-corrected chi connectivity index (χ1v) is 11.5. The summed E-state index contributed by atoms with van der Waals surface area (Å²) in [5.74, 6) is 0.923. The molecule has 4 heteroatoms. The van der Waals surface area contributed by atoms with Crippen molar-refractivity contribution in [3.63, 3.8) is 0 Å². The van der Waals surface area contributed by atoms with Gasteiger partial charge in [0.2, 0.25) is 0 Å². The van der Waals surface area contributed by atoms with Gasteiger partial charge >= 0.3 is 0 Å². The van der Waals surface area contributed by atoms with Gasteiger partial charge in [-0.15, -0.1) is 0 Å². The van der Waals surface area contributed by atoms with Gasteiger partial charge in [-0.1, -0.05) is 77.0 Å². The van der Waals surface area contributed by atoms with Crippen molar-refractivity contribution in [2.45, 2.75) is 39.8 Å². The van der Waals surface area contributed by atoms with Crippen LogP contribution in [0, 0.1) is 13.8 Å². The molecule has 0 radical (unpaired) electrons. The highest BCUT2D eigenvalue weighted by molar-refractivity contribution is 7.48. The van der Waals surface area contributed by atoms with Gasteiger partial charge in [0.1, 0.15) is 5.75 Å². The molecule has 162 valence electrons. The lowest BCUT2D eigenvalue weighted by molar-refractivity contribution is 0.0496. The maximum absolute atomic E-state index is 5.99. The summed E-state index contributed by atoms with van der Waals surface area (Å²) in [5, 5.41) is 1.24. The van der Waals surface area contributed by atoms with E-state index in [0.717, 1.165) is 22.7 Å². The van der Waals surface area contributed by atoms with Gasteiger partial charge in [0.15, 0.2) is 6.79 Å². The summed E-state index contributed by atoms with van der Waals surface area (Å²) in [6, 6.07) is 23.0. The Morgan fingerprint density at radius 3 is 2.29 bits per heavy atom. The first-order chi connectivity index (χ1) is 14.8. The first kappa shape index (κ1) is 23.2. The number of hydrogen-bond acceptors (Lipinski definition) is 3. The molecule has 0 heterocycles. The number of aryl methyl sites for hydroxylation is 2. The molecule has 3 aromatic carbocycles. The quantitative estimate of drug-likeness (QED) is 0.226. The summed E-state index contributed by atoms with van der Waals surface area (Å²) in [6.07, 6.45) is 0. The molecule has 0 aromatic heterocycles. The standard InChI is InChI=1S/C27H32NO2P/c1-19-12-11-17-24(25(19)30-18-29-6)27(4,5)31-26-20(2)13-10-16-23(26)21(3)28-22-14-8-7-9-15-22/h7-17,31H,18H2,1-6H3. The van der Waals surface area contributed by atoms with E-state index in [0.29, 0.717) is 8.58 Å². The van der Waals surface area contributed by atoms with Gasteiger partial charge in [-0.2, -0.15) is 0 Å². The van der Waals surface area contributed by atoms with Crippen molar-refractivity contribution in [3.8, 4) is 5.75 Å². The van der Waals surface area contributed by atoms with Crippen LogP contribution in [0.15, 0.2) is 71.7 Å². The van der Waals surface area contributed by atoms with Gasteiger partial charge in [-0.3, -0.25) is 4.99 Å². The molecule has 0 fully saturated rings. The molecule has 0 bridgehead atoms. The Balaban J connectivity index is 2.02. The number of rotatable bonds is 8. The van der Waals surface area contributed by atoms with Crippen molar-refractivity contribution >= 4 is 25.3 Å². The second kappa shape index (κ2) is 10.2. The number of benzene rings is 3. The highest BCUT2D eigenvalue weighted by Crippen LogP contribution is 2.46. The number of methoxy groups -OCH3 is 1. The molecular formula is C27H32NO2P. The van der Waals surface area contributed by atoms with Crippen molar-refractivity contribution in [2.75, 3.05) is 13.9 Å². The molecule has 3 aromatic rings. The van der Waals surface area contributed by atoms with Gasteiger partial charge in [-0.05, 0) is 49.3 Å². The SMILES string of the molecule is COCOc1c(C)cccc1C(C)(C)Pc1c(C)cccc1C(C)=Nc1ccccc1. The van der Waals surface area contributed by atoms with Gasteiger partial charge < -0.3 is 9.47 Å². The fourth-order valence-corrected chi connectivity index (χ4v) is 5.36. The lowest BCUT2D eigenvalue weighted by atomic mass is 9.98. The van der Waals surface area contributed by atoms with Crippen molar-refractivity contribution in [1.82, 2.24) is 0 Å². The highest BCUT2D eigenvalue weighted by Gasteiger charge is 2.28. The van der Waals surface area contributed by atoms with Crippen LogP contribution in [0.5, 0.6) is 5.75 Å². The monoisotopic (exact) mass is 433 g/mol. The van der Waals surface area contributed by atoms with E-state index in [9.17, 15) is 0 Å². The summed E-state index contributed by atoms with van der Waals surface area (Å²) < 4.78 is 11.2. The van der Waals surface area contributed by atoms with Crippen LogP contribution in [-0.2, 0) is 9.89 Å². The smallest absolute Gasteiger partial charge is 0.188 e. The highest BCUT2D eigenvalue weighted by atomic mass is 31.1. The zero-order chi connectivity index (χ0) is 22.4. The third kappa shape index (κ3) is 5.61. The van der Waals surface area contributed by atoms with E-state index < -0.39 is 0 Å². The third-order valence-electron chi connectivity index (χ3n) is 5.36. The Bertz CT molecular complexity index is 1060. The van der Waals surface area contributed by atoms with Crippen LogP contribution in [0.3, 0.4) is 0 Å². The van der Waals surface area contributed by atoms with Crippen LogP contribution in [0.2, 0.25) is 0 Å². The van der Waals surface area contributed by atoms with Crippen LogP contribution in [0.25, 0.3) is 0 Å². The lowest BCUT2D eigenvalue weighted by Crippen LogP contribution is -2.22. The summed E-state index contributed by atoms with van der Waals surface area (Å²) in [6.45, 7) is 11.2. The van der Waals surface area contributed by atoms with Crippen molar-refractivity contribution in [3.05, 3.63) is 89.0 Å². The molecule has 3 nitrogen and oxygen atoms in total. The molecule has 1 unspecified atom stereocenters. The fourth-order valence-electron chi connectivity index (χ4n) is 3.73. The predicted octanol–water partition coefficient (Wildman–Crippen LogP) is 6.67. The molecule has 3 rings (SSSR count). The van der Waals surface area contributed by atoms with Gasteiger partial charge in [0.05, 0.1) is 5.69 Å². The second-order valence-electron chi connectivity index (χ2n) is 8.28. The van der Waals surface area contributed by atoms with Gasteiger partial charge in [0.25, 0.3) is 0 Å². The van der Waals surface area contributed by atoms with Crippen LogP contribution in [0.1, 0.15) is 43.0 Å². The summed E-state index contributed by atoms with van der Waals surface area (Å²) >= 11 is 0. The van der Waals surface area contributed by atoms with Crippen LogP contribution >= 0.6 is 8.58 Å². The predicted molar refractivity (Wildman–Crippen MR) is 134 cm³/mol. The maximum atomic E-state index is 5.99. The Morgan fingerprint density at radius 2 is 1.58 bits per heavy atom. The molecule has 0 amide bonds. The molecule has 0 aliphatic rings. The molecule has 0 saturated carbocycles. The van der Waals surface area contributed by atoms with E-state index in [-0.39, 0.29) is 11.9 Å². The first-order valence-electron chi connectivity index (χ1n) is 10.5. The molecule has 0 aliphatic carbocycles. The Labute approximate surface area is 188 Å². The average Bonchev–Trinajstić information content (AvgIpc) is 2.74. The fraction of sp³-hybridized carbons (Fsp3) is 0.296. The molecule has 0 saturated heterocycles. The lowest BCUT2D eigenvalue weighted by Gasteiger charge is -2.30. The van der Waals surface area contributed by atoms with Crippen molar-refractivity contribution < 1.29 is 9.47 Å². The van der Waals surface area contributed by atoms with Crippen molar-refractivity contribution in [1.29, 1.82) is 0 Å². The van der Waals surface area contributed by atoms with Crippen LogP contribution in [0.4, 0.5) is 5.69 Å². The van der Waals surface area contributed by atoms with E-state index in [2.05, 4.69) is 71.0 Å². The zero-order valence-corrected chi connectivity index (χ0v) is 20.3. The van der Waals surface area contributed by atoms with Crippen LogP contribution < -0.4 is 10.0 Å². The minimum Gasteiger partial charge on any atom is -0.467 e. The normalized spacial score (nSPS) is 12.5. The molecule has 0 aliphatic heterocycles. The van der Waals surface area contributed by atoms with E-state index in [1.54, 1.807) is 7.11 Å². The Kier molecular flexibility index (Phi) is 7.64. The second-order valence-corrected chi connectivity index (χ2v) is 10.3. The van der Waals surface area contributed by atoms with Crippen molar-refractivity contribution in [2.24, 2.45) is 4.99 Å². The van der Waals surface area contributed by atoms with Gasteiger partial charge in [-0.25, -0.2) is 0 Å². The number of aliphatic imine (C=N–C) groups is 1. The molecular weight excluding hydrogens is 401 g/mol. The van der Waals surface area contributed by atoms with Crippen LogP contribution in [-0.4, -0.2) is 19.6 Å². The average molecular weight is 434 g/mol. The molecule has 0 N–H and O–H groups in total. The Morgan fingerprint density at radius 1 is 0.903 bits per heavy atom. The van der Waals surface area contributed by atoms with E-state index in [1.165, 1.54) is 22.0 Å². The number of para-hydroxylation sites is 2. The molecule has 31 heavy (non-hydrogen) atoms. The number of ether oxygens (including phenoxy) is 2.